The number of anilines is 2. The maximum atomic E-state index is 12.9. The third-order valence-electron chi connectivity index (χ3n) is 5.17. The van der Waals surface area contributed by atoms with Crippen LogP contribution >= 0.6 is 0 Å². The third kappa shape index (κ3) is 3.73. The maximum absolute atomic E-state index is 12.9. The maximum Gasteiger partial charge on any atom is 0.272 e. The Bertz CT molecular complexity index is 1060. The molecule has 0 aliphatic carbocycles. The number of carbonyl (C=O) groups is 1. The van der Waals surface area contributed by atoms with Crippen molar-refractivity contribution in [2.24, 2.45) is 0 Å². The van der Waals surface area contributed by atoms with Crippen LogP contribution in [0.1, 0.15) is 10.5 Å². The molecule has 1 aliphatic rings. The van der Waals surface area contributed by atoms with Crippen molar-refractivity contribution < 1.29 is 23.7 Å². The molecule has 0 unspecified atom stereocenters. The molecule has 0 radical (unpaired) electrons. The first-order valence-corrected chi connectivity index (χ1v) is 9.70. The second-order valence-electron chi connectivity index (χ2n) is 6.89. The van der Waals surface area contributed by atoms with E-state index in [0.29, 0.717) is 41.7 Å². The number of morpholine rings is 1. The van der Waals surface area contributed by atoms with E-state index in [4.69, 9.17) is 18.9 Å². The number of benzene rings is 2. The Balaban J connectivity index is 1.62. The zero-order valence-electron chi connectivity index (χ0n) is 17.3. The fourth-order valence-corrected chi connectivity index (χ4v) is 3.66. The first kappa shape index (κ1) is 19.9. The number of hydrogen-bond donors (Lipinski definition) is 2. The van der Waals surface area contributed by atoms with Gasteiger partial charge < -0.3 is 34.1 Å². The quantitative estimate of drug-likeness (QED) is 0.648. The van der Waals surface area contributed by atoms with Crippen LogP contribution in [-0.2, 0) is 4.74 Å². The summed E-state index contributed by atoms with van der Waals surface area (Å²) in [5.41, 5.74) is 2.81. The molecule has 158 valence electrons. The molecule has 30 heavy (non-hydrogen) atoms. The van der Waals surface area contributed by atoms with Gasteiger partial charge in [0, 0.05) is 35.9 Å². The third-order valence-corrected chi connectivity index (χ3v) is 5.17. The van der Waals surface area contributed by atoms with Crippen molar-refractivity contribution in [3.63, 3.8) is 0 Å². The van der Waals surface area contributed by atoms with E-state index in [-0.39, 0.29) is 5.91 Å². The minimum Gasteiger partial charge on any atom is -0.496 e. The standard InChI is InChI=1S/C22H25N3O5/c1-27-18-13-19(28-2)21(29-3)20-16(18)12-17(24-20)22(26)23-14-5-4-6-15(11-14)25-7-9-30-10-8-25/h4-6,11-13,24H,7-10H2,1-3H3,(H,23,26). The summed E-state index contributed by atoms with van der Waals surface area (Å²) < 4.78 is 21.7. The molecule has 1 amide bonds. The van der Waals surface area contributed by atoms with E-state index in [2.05, 4.69) is 15.2 Å². The highest BCUT2D eigenvalue weighted by atomic mass is 16.5. The zero-order chi connectivity index (χ0) is 21.1. The lowest BCUT2D eigenvalue weighted by Crippen LogP contribution is -2.36. The van der Waals surface area contributed by atoms with E-state index in [1.807, 2.05) is 24.3 Å². The summed E-state index contributed by atoms with van der Waals surface area (Å²) in [5.74, 6) is 1.37. The number of ether oxygens (including phenoxy) is 4. The van der Waals surface area contributed by atoms with E-state index in [0.717, 1.165) is 29.9 Å². The number of nitrogens with zero attached hydrogens (tertiary/aromatic N) is 1. The molecular formula is C22H25N3O5. The molecular weight excluding hydrogens is 386 g/mol. The first-order valence-electron chi connectivity index (χ1n) is 9.70. The van der Waals surface area contributed by atoms with E-state index in [1.165, 1.54) is 0 Å². The average molecular weight is 411 g/mol. The topological polar surface area (TPSA) is 85.0 Å². The number of aromatic nitrogens is 1. The minimum absolute atomic E-state index is 0.256. The molecule has 1 saturated heterocycles. The highest BCUT2D eigenvalue weighted by molar-refractivity contribution is 6.08. The van der Waals surface area contributed by atoms with Crippen LogP contribution in [0.4, 0.5) is 11.4 Å². The second-order valence-corrected chi connectivity index (χ2v) is 6.89. The fourth-order valence-electron chi connectivity index (χ4n) is 3.66. The van der Waals surface area contributed by atoms with Gasteiger partial charge in [-0.15, -0.1) is 0 Å². The molecule has 4 rings (SSSR count). The van der Waals surface area contributed by atoms with Gasteiger partial charge >= 0.3 is 0 Å². The molecule has 0 atom stereocenters. The van der Waals surface area contributed by atoms with E-state index in [1.54, 1.807) is 33.5 Å². The minimum atomic E-state index is -0.256. The Morgan fingerprint density at radius 2 is 1.80 bits per heavy atom. The lowest BCUT2D eigenvalue weighted by atomic mass is 10.2. The summed E-state index contributed by atoms with van der Waals surface area (Å²) in [5, 5.41) is 3.70. The summed E-state index contributed by atoms with van der Waals surface area (Å²) in [6, 6.07) is 11.3. The van der Waals surface area contributed by atoms with Crippen LogP contribution in [0.5, 0.6) is 17.2 Å². The van der Waals surface area contributed by atoms with Gasteiger partial charge in [0.25, 0.3) is 5.91 Å². The second kappa shape index (κ2) is 8.54. The van der Waals surface area contributed by atoms with Crippen LogP contribution in [0.3, 0.4) is 0 Å². The number of aromatic amines is 1. The molecule has 1 aromatic heterocycles. The van der Waals surface area contributed by atoms with Crippen molar-refractivity contribution in [3.05, 3.63) is 42.1 Å². The van der Waals surface area contributed by atoms with Gasteiger partial charge in [0.1, 0.15) is 11.4 Å². The summed E-state index contributed by atoms with van der Waals surface area (Å²) in [6.45, 7) is 3.08. The number of nitrogens with one attached hydrogen (secondary N) is 2. The smallest absolute Gasteiger partial charge is 0.272 e. The molecule has 2 aromatic carbocycles. The van der Waals surface area contributed by atoms with Gasteiger partial charge in [0.05, 0.1) is 40.1 Å². The summed E-state index contributed by atoms with van der Waals surface area (Å²) in [6.07, 6.45) is 0. The number of carbonyl (C=O) groups excluding carboxylic acids is 1. The van der Waals surface area contributed by atoms with Gasteiger partial charge in [-0.25, -0.2) is 0 Å². The van der Waals surface area contributed by atoms with Crippen molar-refractivity contribution in [2.45, 2.75) is 0 Å². The Morgan fingerprint density at radius 3 is 2.50 bits per heavy atom. The number of H-pyrrole nitrogens is 1. The molecule has 1 fully saturated rings. The zero-order valence-corrected chi connectivity index (χ0v) is 17.3. The summed E-state index contributed by atoms with van der Waals surface area (Å²) >= 11 is 0. The lowest BCUT2D eigenvalue weighted by Gasteiger charge is -2.29. The van der Waals surface area contributed by atoms with E-state index < -0.39 is 0 Å². The monoisotopic (exact) mass is 411 g/mol. The Hall–Kier alpha value is -3.39. The molecule has 0 saturated carbocycles. The van der Waals surface area contributed by atoms with Crippen molar-refractivity contribution in [2.75, 3.05) is 57.8 Å². The van der Waals surface area contributed by atoms with Crippen LogP contribution in [-0.4, -0.2) is 58.5 Å². The van der Waals surface area contributed by atoms with Crippen molar-refractivity contribution in [1.82, 2.24) is 4.98 Å². The van der Waals surface area contributed by atoms with Gasteiger partial charge in [-0.2, -0.15) is 0 Å². The van der Waals surface area contributed by atoms with Crippen LogP contribution in [0.15, 0.2) is 36.4 Å². The van der Waals surface area contributed by atoms with Gasteiger partial charge in [0.15, 0.2) is 11.5 Å². The first-order chi connectivity index (χ1) is 14.6. The van der Waals surface area contributed by atoms with E-state index in [9.17, 15) is 4.79 Å². The SMILES string of the molecule is COc1cc(OC)c2cc(C(=O)Nc3cccc(N4CCOCC4)c3)[nH]c2c1OC. The highest BCUT2D eigenvalue weighted by Crippen LogP contribution is 2.41. The largest absolute Gasteiger partial charge is 0.496 e. The molecule has 8 nitrogen and oxygen atoms in total. The number of fused-ring (bicyclic) bond motifs is 1. The van der Waals surface area contributed by atoms with Gasteiger partial charge in [-0.05, 0) is 24.3 Å². The molecule has 3 aromatic rings. The Morgan fingerprint density at radius 1 is 1.03 bits per heavy atom. The van der Waals surface area contributed by atoms with Crippen LogP contribution in [0, 0.1) is 0 Å². The normalized spacial score (nSPS) is 13.9. The number of amides is 1. The molecule has 1 aliphatic heterocycles. The Kier molecular flexibility index (Phi) is 5.67. The molecule has 2 N–H and O–H groups in total. The predicted molar refractivity (Wildman–Crippen MR) is 115 cm³/mol. The van der Waals surface area contributed by atoms with Crippen molar-refractivity contribution >= 4 is 28.2 Å². The van der Waals surface area contributed by atoms with Crippen molar-refractivity contribution in [1.29, 1.82) is 0 Å². The molecule has 8 heteroatoms. The van der Waals surface area contributed by atoms with E-state index >= 15 is 0 Å². The number of hydrogen-bond acceptors (Lipinski definition) is 6. The summed E-state index contributed by atoms with van der Waals surface area (Å²) in [4.78, 5) is 18.3. The number of methoxy groups -OCH3 is 3. The highest BCUT2D eigenvalue weighted by Gasteiger charge is 2.20. The molecule has 0 bridgehead atoms. The molecule has 0 spiro atoms. The van der Waals surface area contributed by atoms with Gasteiger partial charge in [-0.3, -0.25) is 4.79 Å². The van der Waals surface area contributed by atoms with Crippen LogP contribution in [0.2, 0.25) is 0 Å². The van der Waals surface area contributed by atoms with Crippen LogP contribution < -0.4 is 24.4 Å². The van der Waals surface area contributed by atoms with Gasteiger partial charge in [-0.1, -0.05) is 6.07 Å². The lowest BCUT2D eigenvalue weighted by molar-refractivity contribution is 0.102. The fraction of sp³-hybridized carbons (Fsp3) is 0.318. The predicted octanol–water partition coefficient (Wildman–Crippen LogP) is 3.28. The van der Waals surface area contributed by atoms with Gasteiger partial charge in [0.2, 0.25) is 0 Å². The number of rotatable bonds is 6. The average Bonchev–Trinajstić information content (AvgIpc) is 3.24. The Labute approximate surface area is 174 Å². The molecule has 2 heterocycles. The van der Waals surface area contributed by atoms with Crippen LogP contribution in [0.25, 0.3) is 10.9 Å². The summed E-state index contributed by atoms with van der Waals surface area (Å²) in [7, 11) is 4.69. The van der Waals surface area contributed by atoms with Crippen molar-refractivity contribution in [3.8, 4) is 17.2 Å².